The molecule has 18 heavy (non-hydrogen) atoms. The lowest BCUT2D eigenvalue weighted by atomic mass is 10.0. The molecule has 4 unspecified atom stereocenters. The Kier molecular flexibility index (Phi) is 4.43. The van der Waals surface area contributed by atoms with E-state index in [-0.39, 0.29) is 30.5 Å². The lowest BCUT2D eigenvalue weighted by Crippen LogP contribution is -2.37. The summed E-state index contributed by atoms with van der Waals surface area (Å²) in [5.41, 5.74) is 6.00. The van der Waals surface area contributed by atoms with Crippen LogP contribution < -0.4 is 5.73 Å². The van der Waals surface area contributed by atoms with E-state index in [2.05, 4.69) is 13.8 Å². The van der Waals surface area contributed by atoms with Crippen LogP contribution in [-0.4, -0.2) is 24.4 Å². The van der Waals surface area contributed by atoms with Gasteiger partial charge in [-0.15, -0.1) is 0 Å². The molecule has 1 aromatic rings. The molecule has 2 N–H and O–H groups in total. The summed E-state index contributed by atoms with van der Waals surface area (Å²) in [7, 11) is 0. The Balaban J connectivity index is 2.01. The number of rotatable bonds is 4. The molecule has 1 fully saturated rings. The molecular weight excluding hydrogens is 230 g/mol. The maximum Gasteiger partial charge on any atom is 0.134 e. The average molecular weight is 253 g/mol. The molecule has 1 saturated heterocycles. The molecule has 0 spiro atoms. The first kappa shape index (κ1) is 13.6. The predicted molar refractivity (Wildman–Crippen MR) is 69.2 cm³/mol. The van der Waals surface area contributed by atoms with Crippen LogP contribution in [0.5, 0.6) is 0 Å². The molecule has 0 radical (unpaired) electrons. The van der Waals surface area contributed by atoms with Crippen LogP contribution in [0.25, 0.3) is 0 Å². The highest BCUT2D eigenvalue weighted by molar-refractivity contribution is 5.04. The van der Waals surface area contributed by atoms with Gasteiger partial charge in [-0.2, -0.15) is 0 Å². The first-order chi connectivity index (χ1) is 8.56. The van der Waals surface area contributed by atoms with E-state index in [0.29, 0.717) is 0 Å². The van der Waals surface area contributed by atoms with Crippen LogP contribution in [0, 0.1) is 0 Å². The van der Waals surface area contributed by atoms with E-state index in [0.717, 1.165) is 18.6 Å². The summed E-state index contributed by atoms with van der Waals surface area (Å²) in [6, 6.07) is 3.69. The zero-order valence-electron chi connectivity index (χ0n) is 11.3. The van der Waals surface area contributed by atoms with E-state index in [1.54, 1.807) is 6.26 Å². The minimum absolute atomic E-state index is 0.0930. The van der Waals surface area contributed by atoms with Crippen LogP contribution in [0.1, 0.15) is 45.5 Å². The Morgan fingerprint density at radius 1 is 1.33 bits per heavy atom. The van der Waals surface area contributed by atoms with Gasteiger partial charge in [-0.3, -0.25) is 0 Å². The van der Waals surface area contributed by atoms with Gasteiger partial charge in [0.1, 0.15) is 11.9 Å². The molecule has 2 heterocycles. The van der Waals surface area contributed by atoms with Gasteiger partial charge in [-0.05, 0) is 45.7 Å². The summed E-state index contributed by atoms with van der Waals surface area (Å²) >= 11 is 0. The number of hydrogen-bond acceptors (Lipinski definition) is 4. The second kappa shape index (κ2) is 5.87. The van der Waals surface area contributed by atoms with Gasteiger partial charge in [0.25, 0.3) is 0 Å². The first-order valence-corrected chi connectivity index (χ1v) is 6.66. The highest BCUT2D eigenvalue weighted by Crippen LogP contribution is 2.29. The van der Waals surface area contributed by atoms with Gasteiger partial charge in [-0.1, -0.05) is 0 Å². The molecule has 0 saturated carbocycles. The Hall–Kier alpha value is -0.840. The second-order valence-corrected chi connectivity index (χ2v) is 5.28. The SMILES string of the molecule is CC1CC(OC(c2ccco2)C(C)N)CC(C)O1. The van der Waals surface area contributed by atoms with Crippen molar-refractivity contribution >= 4 is 0 Å². The summed E-state index contributed by atoms with van der Waals surface area (Å²) in [6.45, 7) is 6.11. The lowest BCUT2D eigenvalue weighted by Gasteiger charge is -2.34. The number of ether oxygens (including phenoxy) is 2. The van der Waals surface area contributed by atoms with E-state index in [9.17, 15) is 0 Å². The molecule has 1 aromatic heterocycles. The van der Waals surface area contributed by atoms with Gasteiger partial charge >= 0.3 is 0 Å². The van der Waals surface area contributed by atoms with Gasteiger partial charge in [0.2, 0.25) is 0 Å². The fourth-order valence-corrected chi connectivity index (χ4v) is 2.57. The zero-order valence-corrected chi connectivity index (χ0v) is 11.3. The van der Waals surface area contributed by atoms with Crippen molar-refractivity contribution in [2.75, 3.05) is 0 Å². The van der Waals surface area contributed by atoms with Crippen molar-refractivity contribution in [1.29, 1.82) is 0 Å². The van der Waals surface area contributed by atoms with Gasteiger partial charge in [0.05, 0.1) is 24.6 Å². The van der Waals surface area contributed by atoms with E-state index in [1.807, 2.05) is 19.1 Å². The molecule has 0 bridgehead atoms. The summed E-state index contributed by atoms with van der Waals surface area (Å²) in [5.74, 6) is 0.803. The molecule has 1 aliphatic heterocycles. The van der Waals surface area contributed by atoms with Crippen molar-refractivity contribution in [1.82, 2.24) is 0 Å². The Bertz CT molecular complexity index is 340. The first-order valence-electron chi connectivity index (χ1n) is 6.66. The molecule has 0 aliphatic carbocycles. The van der Waals surface area contributed by atoms with E-state index in [4.69, 9.17) is 19.6 Å². The third kappa shape index (κ3) is 3.34. The third-order valence-electron chi connectivity index (χ3n) is 3.29. The molecular formula is C14H23NO3. The predicted octanol–water partition coefficient (Wildman–Crippen LogP) is 2.64. The fraction of sp³-hybridized carbons (Fsp3) is 0.714. The van der Waals surface area contributed by atoms with Crippen LogP contribution >= 0.6 is 0 Å². The van der Waals surface area contributed by atoms with Gasteiger partial charge in [0, 0.05) is 6.04 Å². The molecule has 102 valence electrons. The largest absolute Gasteiger partial charge is 0.467 e. The van der Waals surface area contributed by atoms with E-state index in [1.165, 1.54) is 0 Å². The van der Waals surface area contributed by atoms with Crippen LogP contribution in [0.2, 0.25) is 0 Å². The molecule has 4 nitrogen and oxygen atoms in total. The van der Waals surface area contributed by atoms with Gasteiger partial charge < -0.3 is 19.6 Å². The van der Waals surface area contributed by atoms with E-state index < -0.39 is 0 Å². The minimum Gasteiger partial charge on any atom is -0.467 e. The number of hydrogen-bond donors (Lipinski definition) is 1. The van der Waals surface area contributed by atoms with Crippen molar-refractivity contribution < 1.29 is 13.9 Å². The Morgan fingerprint density at radius 3 is 2.50 bits per heavy atom. The maximum absolute atomic E-state index is 6.14. The van der Waals surface area contributed by atoms with Crippen LogP contribution in [0.4, 0.5) is 0 Å². The van der Waals surface area contributed by atoms with Crippen molar-refractivity contribution in [3.63, 3.8) is 0 Å². The lowest BCUT2D eigenvalue weighted by molar-refractivity contribution is -0.129. The molecule has 0 amide bonds. The fourth-order valence-electron chi connectivity index (χ4n) is 2.57. The minimum atomic E-state index is -0.178. The summed E-state index contributed by atoms with van der Waals surface area (Å²) in [6.07, 6.45) is 3.96. The van der Waals surface area contributed by atoms with Crippen molar-refractivity contribution in [2.24, 2.45) is 5.73 Å². The number of furan rings is 1. The quantitative estimate of drug-likeness (QED) is 0.896. The van der Waals surface area contributed by atoms with Crippen LogP contribution in [0.3, 0.4) is 0 Å². The monoisotopic (exact) mass is 253 g/mol. The second-order valence-electron chi connectivity index (χ2n) is 5.28. The van der Waals surface area contributed by atoms with Gasteiger partial charge in [0.15, 0.2) is 0 Å². The Morgan fingerprint density at radius 2 is 2.00 bits per heavy atom. The molecule has 0 aromatic carbocycles. The summed E-state index contributed by atoms with van der Waals surface area (Å²) in [5, 5.41) is 0. The number of nitrogens with two attached hydrogens (primary N) is 1. The van der Waals surface area contributed by atoms with Crippen molar-refractivity contribution in [3.8, 4) is 0 Å². The van der Waals surface area contributed by atoms with Crippen molar-refractivity contribution in [3.05, 3.63) is 24.2 Å². The van der Waals surface area contributed by atoms with Crippen LogP contribution in [0.15, 0.2) is 22.8 Å². The molecule has 4 heteroatoms. The standard InChI is InChI=1S/C14H23NO3/c1-9-7-12(8-10(2)17-9)18-14(11(3)15)13-5-4-6-16-13/h4-6,9-12,14H,7-8,15H2,1-3H3. The van der Waals surface area contributed by atoms with Gasteiger partial charge in [-0.25, -0.2) is 0 Å². The Labute approximate surface area is 108 Å². The van der Waals surface area contributed by atoms with E-state index >= 15 is 0 Å². The maximum atomic E-state index is 6.14. The normalized spacial score (nSPS) is 32.1. The highest BCUT2D eigenvalue weighted by atomic mass is 16.5. The summed E-state index contributed by atoms with van der Waals surface area (Å²) < 4.78 is 17.3. The third-order valence-corrected chi connectivity index (χ3v) is 3.29. The zero-order chi connectivity index (χ0) is 13.1. The molecule has 1 aliphatic rings. The highest BCUT2D eigenvalue weighted by Gasteiger charge is 2.30. The van der Waals surface area contributed by atoms with Crippen LogP contribution in [-0.2, 0) is 9.47 Å². The summed E-state index contributed by atoms with van der Waals surface area (Å²) in [4.78, 5) is 0. The molecule has 2 rings (SSSR count). The smallest absolute Gasteiger partial charge is 0.134 e. The van der Waals surface area contributed by atoms with Crippen molar-refractivity contribution in [2.45, 2.75) is 64.1 Å². The topological polar surface area (TPSA) is 57.6 Å². The molecule has 4 atom stereocenters. The average Bonchev–Trinajstić information content (AvgIpc) is 2.77.